The lowest BCUT2D eigenvalue weighted by molar-refractivity contribution is -0.120. The molecule has 3 N–H and O–H groups in total. The molecule has 0 aromatic carbocycles. The summed E-state index contributed by atoms with van der Waals surface area (Å²) >= 11 is 0. The number of aliphatic hydroxyl groups excluding tert-OH is 2. The van der Waals surface area contributed by atoms with Crippen LogP contribution in [0.3, 0.4) is 0 Å². The maximum atomic E-state index is 11.0. The van der Waals surface area contributed by atoms with Crippen LogP contribution in [-0.4, -0.2) is 34.9 Å². The third kappa shape index (κ3) is 16.1. The van der Waals surface area contributed by atoms with Gasteiger partial charge in [-0.1, -0.05) is 69.1 Å². The van der Waals surface area contributed by atoms with Crippen LogP contribution in [-0.2, 0) is 4.79 Å². The number of rotatable bonds is 16. The highest BCUT2D eigenvalue weighted by molar-refractivity contribution is 5.73. The maximum Gasteiger partial charge on any atom is 0.217 e. The molecule has 0 spiro atoms. The van der Waals surface area contributed by atoms with Gasteiger partial charge in [-0.15, -0.1) is 0 Å². The summed E-state index contributed by atoms with van der Waals surface area (Å²) in [4.78, 5) is 11.0. The minimum absolute atomic E-state index is 0.259. The first-order chi connectivity index (χ1) is 12.6. The Morgan fingerprint density at radius 2 is 1.42 bits per heavy atom. The van der Waals surface area contributed by atoms with Crippen LogP contribution in [0.1, 0.15) is 78.1 Å². The van der Waals surface area contributed by atoms with Crippen molar-refractivity contribution in [2.24, 2.45) is 0 Å². The summed E-state index contributed by atoms with van der Waals surface area (Å²) in [7, 11) is 0. The highest BCUT2D eigenvalue weighted by Crippen LogP contribution is 2.06. The molecular weight excluding hydrogens is 326 g/mol. The third-order valence-electron chi connectivity index (χ3n) is 4.14. The van der Waals surface area contributed by atoms with Crippen LogP contribution < -0.4 is 5.32 Å². The van der Waals surface area contributed by atoms with Crippen molar-refractivity contribution < 1.29 is 15.0 Å². The van der Waals surface area contributed by atoms with E-state index < -0.39 is 12.1 Å². The number of hydrogen-bond acceptors (Lipinski definition) is 3. The van der Waals surface area contributed by atoms with Gasteiger partial charge in [0.25, 0.3) is 0 Å². The molecule has 1 amide bonds. The fraction of sp³-hybridized carbons (Fsp3) is 0.682. The minimum atomic E-state index is -0.861. The summed E-state index contributed by atoms with van der Waals surface area (Å²) in [5.74, 6) is -0.259. The molecule has 0 aromatic rings. The summed E-state index contributed by atoms with van der Waals surface area (Å²) in [6, 6.07) is -0.641. The number of carbonyl (C=O) groups is 1. The lowest BCUT2D eigenvalue weighted by atomic mass is 10.1. The molecule has 0 radical (unpaired) electrons. The van der Waals surface area contributed by atoms with Crippen molar-refractivity contribution in [1.82, 2.24) is 5.32 Å². The zero-order chi connectivity index (χ0) is 19.5. The summed E-state index contributed by atoms with van der Waals surface area (Å²) < 4.78 is 0. The molecule has 2 atom stereocenters. The van der Waals surface area contributed by atoms with Gasteiger partial charge in [0.05, 0.1) is 18.8 Å². The van der Waals surface area contributed by atoms with E-state index in [9.17, 15) is 9.90 Å². The van der Waals surface area contributed by atoms with Gasteiger partial charge in [-0.2, -0.15) is 0 Å². The molecule has 0 aliphatic rings. The van der Waals surface area contributed by atoms with Gasteiger partial charge < -0.3 is 15.5 Å². The van der Waals surface area contributed by atoms with E-state index in [2.05, 4.69) is 36.5 Å². The van der Waals surface area contributed by atoms with Gasteiger partial charge in [-0.25, -0.2) is 0 Å². The van der Waals surface area contributed by atoms with Gasteiger partial charge in [0.15, 0.2) is 0 Å². The second-order valence-corrected chi connectivity index (χ2v) is 6.71. The van der Waals surface area contributed by atoms with E-state index in [0.717, 1.165) is 25.7 Å². The van der Waals surface area contributed by atoms with Crippen molar-refractivity contribution in [3.05, 3.63) is 36.5 Å². The highest BCUT2D eigenvalue weighted by Gasteiger charge is 2.15. The fourth-order valence-corrected chi connectivity index (χ4v) is 2.59. The van der Waals surface area contributed by atoms with Crippen molar-refractivity contribution in [2.75, 3.05) is 6.61 Å². The monoisotopic (exact) mass is 365 g/mol. The molecule has 150 valence electrons. The smallest absolute Gasteiger partial charge is 0.217 e. The van der Waals surface area contributed by atoms with Crippen LogP contribution in [0.4, 0.5) is 0 Å². The lowest BCUT2D eigenvalue weighted by Crippen LogP contribution is -2.44. The van der Waals surface area contributed by atoms with Crippen LogP contribution in [0.25, 0.3) is 0 Å². The van der Waals surface area contributed by atoms with Gasteiger partial charge in [-0.3, -0.25) is 4.79 Å². The Kier molecular flexibility index (Phi) is 17.4. The molecule has 2 unspecified atom stereocenters. The number of allylic oxidation sites excluding steroid dienone is 5. The number of aliphatic hydroxyl groups is 2. The van der Waals surface area contributed by atoms with E-state index in [1.807, 2.05) is 6.08 Å². The molecule has 4 nitrogen and oxygen atoms in total. The predicted molar refractivity (Wildman–Crippen MR) is 110 cm³/mol. The lowest BCUT2D eigenvalue weighted by Gasteiger charge is -2.18. The zero-order valence-corrected chi connectivity index (χ0v) is 16.7. The maximum absolute atomic E-state index is 11.0. The first-order valence-electron chi connectivity index (χ1n) is 10.1. The second kappa shape index (κ2) is 18.4. The predicted octanol–water partition coefficient (Wildman–Crippen LogP) is 4.43. The molecule has 0 bridgehead atoms. The Balaban J connectivity index is 3.64. The largest absolute Gasteiger partial charge is 0.394 e. The molecule has 0 aromatic heterocycles. The topological polar surface area (TPSA) is 69.6 Å². The van der Waals surface area contributed by atoms with Crippen LogP contribution in [0, 0.1) is 0 Å². The van der Waals surface area contributed by atoms with Gasteiger partial charge in [0.2, 0.25) is 5.91 Å². The summed E-state index contributed by atoms with van der Waals surface area (Å²) in [6.07, 6.45) is 23.4. The summed E-state index contributed by atoms with van der Waals surface area (Å²) in [5, 5.41) is 21.5. The molecule has 0 aliphatic carbocycles. The summed E-state index contributed by atoms with van der Waals surface area (Å²) in [6.45, 7) is 3.33. The Morgan fingerprint density at radius 1 is 0.885 bits per heavy atom. The number of amides is 1. The Labute approximate surface area is 160 Å². The van der Waals surface area contributed by atoms with E-state index in [1.54, 1.807) is 6.08 Å². The van der Waals surface area contributed by atoms with E-state index in [0.29, 0.717) is 0 Å². The average molecular weight is 366 g/mol. The third-order valence-corrected chi connectivity index (χ3v) is 4.14. The first kappa shape index (κ1) is 24.6. The van der Waals surface area contributed by atoms with Crippen molar-refractivity contribution in [3.8, 4) is 0 Å². The van der Waals surface area contributed by atoms with Crippen molar-refractivity contribution >= 4 is 5.91 Å². The number of hydrogen-bond donors (Lipinski definition) is 3. The molecular formula is C22H39NO3. The number of unbranched alkanes of at least 4 members (excludes halogenated alkanes) is 7. The van der Waals surface area contributed by atoms with Crippen molar-refractivity contribution in [1.29, 1.82) is 0 Å². The van der Waals surface area contributed by atoms with Crippen LogP contribution in [0.5, 0.6) is 0 Å². The van der Waals surface area contributed by atoms with Gasteiger partial charge in [0.1, 0.15) is 0 Å². The van der Waals surface area contributed by atoms with Crippen LogP contribution in [0.15, 0.2) is 36.5 Å². The molecule has 0 aliphatic heterocycles. The average Bonchev–Trinajstić information content (AvgIpc) is 2.62. The van der Waals surface area contributed by atoms with E-state index >= 15 is 0 Å². The van der Waals surface area contributed by atoms with E-state index in [4.69, 9.17) is 5.11 Å². The molecule has 0 rings (SSSR count). The first-order valence-corrected chi connectivity index (χ1v) is 10.1. The normalized spacial score (nSPS) is 14.5. The Hall–Kier alpha value is -1.39. The zero-order valence-electron chi connectivity index (χ0n) is 16.7. The number of nitrogens with one attached hydrogen (secondary N) is 1. The minimum Gasteiger partial charge on any atom is -0.394 e. The SMILES string of the molecule is CCCCCCC/C=C/CC/C=C/CC/C=C/C(O)C(CO)NC(C)=O. The molecule has 0 fully saturated rings. The van der Waals surface area contributed by atoms with Crippen LogP contribution in [0.2, 0.25) is 0 Å². The molecule has 26 heavy (non-hydrogen) atoms. The van der Waals surface area contributed by atoms with E-state index in [-0.39, 0.29) is 12.5 Å². The van der Waals surface area contributed by atoms with Crippen LogP contribution >= 0.6 is 0 Å². The van der Waals surface area contributed by atoms with Crippen molar-refractivity contribution in [2.45, 2.75) is 90.2 Å². The number of carbonyl (C=O) groups excluding carboxylic acids is 1. The quantitative estimate of drug-likeness (QED) is 0.280. The molecule has 0 saturated carbocycles. The van der Waals surface area contributed by atoms with Gasteiger partial charge in [-0.05, 0) is 38.5 Å². The van der Waals surface area contributed by atoms with E-state index in [1.165, 1.54) is 45.4 Å². The second-order valence-electron chi connectivity index (χ2n) is 6.71. The molecule has 0 saturated heterocycles. The fourth-order valence-electron chi connectivity index (χ4n) is 2.59. The van der Waals surface area contributed by atoms with Gasteiger partial charge >= 0.3 is 0 Å². The Bertz CT molecular complexity index is 416. The van der Waals surface area contributed by atoms with Crippen molar-refractivity contribution in [3.63, 3.8) is 0 Å². The Morgan fingerprint density at radius 3 is 1.96 bits per heavy atom. The van der Waals surface area contributed by atoms with Gasteiger partial charge in [0, 0.05) is 6.92 Å². The summed E-state index contributed by atoms with van der Waals surface area (Å²) in [5.41, 5.74) is 0. The standard InChI is InChI=1S/C22H39NO3/c1-3-4-5-6-7-8-9-10-11-12-13-14-15-16-17-18-22(26)21(19-24)23-20(2)25/h9-10,13-14,17-18,21-22,24,26H,3-8,11-12,15-16,19H2,1-2H3,(H,23,25)/b10-9+,14-13+,18-17+. The highest BCUT2D eigenvalue weighted by atomic mass is 16.3. The molecule has 4 heteroatoms. The molecule has 0 heterocycles.